The normalized spacial score (nSPS) is 13.5. The fourth-order valence-electron chi connectivity index (χ4n) is 1.93. The molecule has 19 heavy (non-hydrogen) atoms. The third-order valence-corrected chi connectivity index (χ3v) is 4.41. The zero-order chi connectivity index (χ0) is 14.3. The summed E-state index contributed by atoms with van der Waals surface area (Å²) in [4.78, 5) is 0. The molecule has 1 atom stereocenters. The first-order valence-electron chi connectivity index (χ1n) is 6.95. The van der Waals surface area contributed by atoms with Gasteiger partial charge in [0.25, 0.3) is 0 Å². The molecule has 0 heterocycles. The summed E-state index contributed by atoms with van der Waals surface area (Å²) in [5.41, 5.74) is 2.93. The van der Waals surface area contributed by atoms with Crippen molar-refractivity contribution < 1.29 is 5.11 Å². The highest BCUT2D eigenvalue weighted by Gasteiger charge is 2.14. The molecule has 108 valence electrons. The van der Waals surface area contributed by atoms with Crippen LogP contribution in [0.4, 0.5) is 0 Å². The lowest BCUT2D eigenvalue weighted by Crippen LogP contribution is -2.19. The van der Waals surface area contributed by atoms with Crippen LogP contribution in [-0.2, 0) is 5.41 Å². The molecule has 1 rings (SSSR count). The van der Waals surface area contributed by atoms with Crippen LogP contribution in [0.15, 0.2) is 24.3 Å². The molecule has 0 saturated carbocycles. The van der Waals surface area contributed by atoms with E-state index in [1.54, 1.807) is 0 Å². The second-order valence-electron chi connectivity index (χ2n) is 5.87. The predicted molar refractivity (Wildman–Crippen MR) is 86.0 cm³/mol. The van der Waals surface area contributed by atoms with E-state index >= 15 is 0 Å². The first kappa shape index (κ1) is 16.5. The number of benzene rings is 1. The Morgan fingerprint density at radius 1 is 1.21 bits per heavy atom. The van der Waals surface area contributed by atoms with Gasteiger partial charge in [-0.1, -0.05) is 45.0 Å². The lowest BCUT2D eigenvalue weighted by Gasteiger charge is -2.21. The molecule has 0 aliphatic heterocycles. The Balaban J connectivity index is 2.61. The topological polar surface area (TPSA) is 32.3 Å². The van der Waals surface area contributed by atoms with Crippen LogP contribution in [0.3, 0.4) is 0 Å². The van der Waals surface area contributed by atoms with Crippen LogP contribution in [0, 0.1) is 0 Å². The van der Waals surface area contributed by atoms with E-state index in [-0.39, 0.29) is 12.0 Å². The van der Waals surface area contributed by atoms with E-state index in [9.17, 15) is 0 Å². The van der Waals surface area contributed by atoms with Crippen molar-refractivity contribution >= 4 is 11.8 Å². The maximum Gasteiger partial charge on any atom is 0.0438 e. The molecular formula is C16H27NOS. The summed E-state index contributed by atoms with van der Waals surface area (Å²) in [5, 5.41) is 12.2. The first-order chi connectivity index (χ1) is 8.99. The molecule has 0 amide bonds. The van der Waals surface area contributed by atoms with Crippen molar-refractivity contribution in [3.05, 3.63) is 35.4 Å². The number of hydrogen-bond acceptors (Lipinski definition) is 3. The third-order valence-electron chi connectivity index (χ3n) is 3.26. The largest absolute Gasteiger partial charge is 0.396 e. The monoisotopic (exact) mass is 281 g/mol. The van der Waals surface area contributed by atoms with Gasteiger partial charge in [-0.2, -0.15) is 11.8 Å². The van der Waals surface area contributed by atoms with E-state index in [0.717, 1.165) is 17.9 Å². The van der Waals surface area contributed by atoms with Crippen molar-refractivity contribution in [3.63, 3.8) is 0 Å². The first-order valence-corrected chi connectivity index (χ1v) is 8.11. The van der Waals surface area contributed by atoms with Crippen LogP contribution in [0.2, 0.25) is 0 Å². The Bertz CT molecular complexity index is 356. The SMILES string of the molecule is CNC(CSCCCO)c1ccc(C(C)(C)C)cc1. The van der Waals surface area contributed by atoms with Gasteiger partial charge in [0.05, 0.1) is 0 Å². The Kier molecular flexibility index (Phi) is 6.90. The molecule has 2 N–H and O–H groups in total. The zero-order valence-electron chi connectivity index (χ0n) is 12.6. The Morgan fingerprint density at radius 2 is 1.84 bits per heavy atom. The molecule has 0 saturated heterocycles. The van der Waals surface area contributed by atoms with E-state index in [1.165, 1.54) is 11.1 Å². The number of aliphatic hydroxyl groups excluding tert-OH is 1. The molecular weight excluding hydrogens is 254 g/mol. The minimum atomic E-state index is 0.212. The zero-order valence-corrected chi connectivity index (χ0v) is 13.4. The van der Waals surface area contributed by atoms with Crippen molar-refractivity contribution in [2.24, 2.45) is 0 Å². The summed E-state index contributed by atoms with van der Waals surface area (Å²) in [6, 6.07) is 9.32. The van der Waals surface area contributed by atoms with E-state index in [4.69, 9.17) is 5.11 Å². The molecule has 0 radical (unpaired) electrons. The summed E-state index contributed by atoms with van der Waals surface area (Å²) in [5.74, 6) is 2.07. The number of thioether (sulfide) groups is 1. The van der Waals surface area contributed by atoms with Gasteiger partial charge in [-0.25, -0.2) is 0 Å². The van der Waals surface area contributed by atoms with E-state index in [0.29, 0.717) is 6.04 Å². The van der Waals surface area contributed by atoms with Crippen molar-refractivity contribution in [1.29, 1.82) is 0 Å². The number of hydrogen-bond donors (Lipinski definition) is 2. The maximum atomic E-state index is 8.78. The fourth-order valence-corrected chi connectivity index (χ4v) is 3.02. The predicted octanol–water partition coefficient (Wildman–Crippen LogP) is 3.36. The van der Waals surface area contributed by atoms with Gasteiger partial charge in [-0.05, 0) is 35.8 Å². The van der Waals surface area contributed by atoms with Crippen LogP contribution in [0.25, 0.3) is 0 Å². The second-order valence-corrected chi connectivity index (χ2v) is 7.02. The average Bonchev–Trinajstić information content (AvgIpc) is 2.38. The molecule has 0 aromatic heterocycles. The Morgan fingerprint density at radius 3 is 2.32 bits per heavy atom. The standard InChI is InChI=1S/C16H27NOS/c1-16(2,3)14-8-6-13(7-9-14)15(17-4)12-19-11-5-10-18/h6-9,15,17-18H,5,10-12H2,1-4H3. The number of aliphatic hydroxyl groups is 1. The lowest BCUT2D eigenvalue weighted by atomic mass is 9.86. The molecule has 1 aromatic rings. The van der Waals surface area contributed by atoms with Crippen molar-refractivity contribution in [3.8, 4) is 0 Å². The van der Waals surface area contributed by atoms with Gasteiger partial charge >= 0.3 is 0 Å². The van der Waals surface area contributed by atoms with Gasteiger partial charge in [-0.15, -0.1) is 0 Å². The minimum absolute atomic E-state index is 0.212. The van der Waals surface area contributed by atoms with Crippen LogP contribution in [0.1, 0.15) is 44.4 Å². The van der Waals surface area contributed by atoms with Gasteiger partial charge in [-0.3, -0.25) is 0 Å². The van der Waals surface area contributed by atoms with Gasteiger partial charge in [0.1, 0.15) is 0 Å². The van der Waals surface area contributed by atoms with Crippen molar-refractivity contribution in [1.82, 2.24) is 5.32 Å². The van der Waals surface area contributed by atoms with Crippen LogP contribution >= 0.6 is 11.8 Å². The molecule has 0 fully saturated rings. The Labute approximate surface area is 122 Å². The summed E-state index contributed by atoms with van der Waals surface area (Å²) < 4.78 is 0. The quantitative estimate of drug-likeness (QED) is 0.752. The maximum absolute atomic E-state index is 8.78. The van der Waals surface area contributed by atoms with Gasteiger partial charge in [0, 0.05) is 18.4 Å². The summed E-state index contributed by atoms with van der Waals surface area (Å²) in [6.45, 7) is 7.00. The van der Waals surface area contributed by atoms with Crippen molar-refractivity contribution in [2.45, 2.75) is 38.6 Å². The average molecular weight is 281 g/mol. The van der Waals surface area contributed by atoms with Gasteiger partial charge < -0.3 is 10.4 Å². The van der Waals surface area contributed by atoms with Crippen LogP contribution < -0.4 is 5.32 Å². The number of rotatable bonds is 7. The highest BCUT2D eigenvalue weighted by atomic mass is 32.2. The molecule has 3 heteroatoms. The number of nitrogens with one attached hydrogen (secondary N) is 1. The smallest absolute Gasteiger partial charge is 0.0438 e. The highest BCUT2D eigenvalue weighted by molar-refractivity contribution is 7.99. The second kappa shape index (κ2) is 7.93. The molecule has 0 aliphatic rings. The fraction of sp³-hybridized carbons (Fsp3) is 0.625. The molecule has 0 aliphatic carbocycles. The third kappa shape index (κ3) is 5.55. The molecule has 2 nitrogen and oxygen atoms in total. The summed E-state index contributed by atoms with van der Waals surface area (Å²) in [7, 11) is 2.01. The van der Waals surface area contributed by atoms with E-state index in [1.807, 2.05) is 18.8 Å². The molecule has 0 bridgehead atoms. The van der Waals surface area contributed by atoms with Gasteiger partial charge in [0.2, 0.25) is 0 Å². The summed E-state index contributed by atoms with van der Waals surface area (Å²) in [6.07, 6.45) is 0.879. The van der Waals surface area contributed by atoms with Gasteiger partial charge in [0.15, 0.2) is 0 Å². The van der Waals surface area contributed by atoms with Crippen LogP contribution in [-0.4, -0.2) is 30.3 Å². The molecule has 1 aromatic carbocycles. The lowest BCUT2D eigenvalue weighted by molar-refractivity contribution is 0.296. The van der Waals surface area contributed by atoms with E-state index < -0.39 is 0 Å². The molecule has 1 unspecified atom stereocenters. The highest BCUT2D eigenvalue weighted by Crippen LogP contribution is 2.25. The Hall–Kier alpha value is -0.510. The van der Waals surface area contributed by atoms with Crippen molar-refractivity contribution in [2.75, 3.05) is 25.2 Å². The molecule has 0 spiro atoms. The van der Waals surface area contributed by atoms with Crippen LogP contribution in [0.5, 0.6) is 0 Å². The van der Waals surface area contributed by atoms with E-state index in [2.05, 4.69) is 50.4 Å². The summed E-state index contributed by atoms with van der Waals surface area (Å²) >= 11 is 1.89. The minimum Gasteiger partial charge on any atom is -0.396 e.